The van der Waals surface area contributed by atoms with E-state index in [9.17, 15) is 22.0 Å². The van der Waals surface area contributed by atoms with Gasteiger partial charge in [-0.25, -0.2) is 26.9 Å². The number of nitrogens with zero attached hydrogens (tertiary/aromatic N) is 2. The molecule has 1 atom stereocenters. The molecule has 1 amide bonds. The molecule has 2 N–H and O–H groups in total. The first kappa shape index (κ1) is 23.2. The molecule has 3 rings (SSSR count). The van der Waals surface area contributed by atoms with E-state index >= 15 is 0 Å². The van der Waals surface area contributed by atoms with E-state index in [1.165, 1.54) is 12.3 Å². The molecule has 2 heterocycles. The third-order valence-electron chi connectivity index (χ3n) is 4.55. The normalized spacial score (nSPS) is 17.3. The van der Waals surface area contributed by atoms with Gasteiger partial charge in [-0.2, -0.15) is 0 Å². The summed E-state index contributed by atoms with van der Waals surface area (Å²) in [6.07, 6.45) is 4.06. The van der Waals surface area contributed by atoms with Crippen LogP contribution in [-0.2, 0) is 10.0 Å². The monoisotopic (exact) mass is 474 g/mol. The van der Waals surface area contributed by atoms with Crippen LogP contribution in [0.25, 0.3) is 0 Å². The Labute approximate surface area is 183 Å². The first-order chi connectivity index (χ1) is 14.5. The zero-order valence-corrected chi connectivity index (χ0v) is 18.4. The van der Waals surface area contributed by atoms with Crippen molar-refractivity contribution in [2.45, 2.75) is 18.9 Å². The Morgan fingerprint density at radius 1 is 1.29 bits per heavy atom. The topological polar surface area (TPSA) is 101 Å². The number of nitrogens with one attached hydrogen (secondary N) is 2. The van der Waals surface area contributed by atoms with Crippen molar-refractivity contribution >= 4 is 33.3 Å². The first-order valence-electron chi connectivity index (χ1n) is 9.31. The summed E-state index contributed by atoms with van der Waals surface area (Å²) in [5, 5.41) is 3.51. The minimum absolute atomic E-state index is 0.0583. The number of ether oxygens (including phenoxy) is 1. The lowest BCUT2D eigenvalue weighted by Gasteiger charge is -2.30. The zero-order valence-electron chi connectivity index (χ0n) is 16.8. The zero-order chi connectivity index (χ0) is 22.8. The van der Waals surface area contributed by atoms with Gasteiger partial charge in [-0.3, -0.25) is 4.79 Å². The van der Waals surface area contributed by atoms with Crippen LogP contribution in [0, 0.1) is 11.6 Å². The lowest BCUT2D eigenvalue weighted by Crippen LogP contribution is -2.39. The van der Waals surface area contributed by atoms with Crippen LogP contribution in [0.15, 0.2) is 24.4 Å². The number of benzene rings is 1. The molecular formula is C19H21ClF2N4O4S. The van der Waals surface area contributed by atoms with E-state index in [1.54, 1.807) is 4.72 Å². The smallest absolute Gasteiger partial charge is 0.267 e. The van der Waals surface area contributed by atoms with Crippen molar-refractivity contribution < 1.29 is 26.7 Å². The van der Waals surface area contributed by atoms with Crippen LogP contribution in [0.1, 0.15) is 23.2 Å². The van der Waals surface area contributed by atoms with Crippen LogP contribution >= 0.6 is 11.6 Å². The van der Waals surface area contributed by atoms with Gasteiger partial charge in [0.25, 0.3) is 5.91 Å². The predicted molar refractivity (Wildman–Crippen MR) is 112 cm³/mol. The van der Waals surface area contributed by atoms with Crippen molar-refractivity contribution in [2.24, 2.45) is 0 Å². The number of carbonyl (C=O) groups is 1. The number of anilines is 1. The molecule has 31 heavy (non-hydrogen) atoms. The van der Waals surface area contributed by atoms with Crippen LogP contribution in [-0.4, -0.2) is 56.6 Å². The van der Waals surface area contributed by atoms with E-state index in [2.05, 4.69) is 15.2 Å². The fourth-order valence-electron chi connectivity index (χ4n) is 3.19. The molecule has 0 bridgehead atoms. The number of likely N-dealkylation sites (N-methyl/N-ethyl adjacent to an activating group) is 1. The number of sulfonamides is 1. The van der Waals surface area contributed by atoms with Gasteiger partial charge in [-0.05, 0) is 32.5 Å². The van der Waals surface area contributed by atoms with E-state index in [4.69, 9.17) is 16.3 Å². The average molecular weight is 475 g/mol. The third-order valence-corrected chi connectivity index (χ3v) is 5.40. The van der Waals surface area contributed by atoms with Crippen molar-refractivity contribution in [3.05, 3.63) is 46.6 Å². The molecule has 0 spiro atoms. The highest BCUT2D eigenvalue weighted by Crippen LogP contribution is 2.31. The Morgan fingerprint density at radius 2 is 2.03 bits per heavy atom. The highest BCUT2D eigenvalue weighted by molar-refractivity contribution is 7.89. The number of pyridine rings is 1. The lowest BCUT2D eigenvalue weighted by molar-refractivity contribution is 0.0977. The largest absolute Gasteiger partial charge is 0.452 e. The highest BCUT2D eigenvalue weighted by Gasteiger charge is 2.21. The summed E-state index contributed by atoms with van der Waals surface area (Å²) in [6.45, 7) is 1.88. The van der Waals surface area contributed by atoms with Gasteiger partial charge in [0.05, 0.1) is 23.0 Å². The summed E-state index contributed by atoms with van der Waals surface area (Å²) in [5.74, 6) is -3.52. The number of carbonyl (C=O) groups excluding carboxylic acids is 1. The molecule has 12 heteroatoms. The molecule has 1 aliphatic heterocycles. The maximum absolute atomic E-state index is 14.3. The highest BCUT2D eigenvalue weighted by atomic mass is 35.5. The first-order valence-corrected chi connectivity index (χ1v) is 11.6. The van der Waals surface area contributed by atoms with Crippen LogP contribution in [0.5, 0.6) is 11.5 Å². The second kappa shape index (κ2) is 9.33. The maximum atomic E-state index is 14.3. The van der Waals surface area contributed by atoms with Crippen LogP contribution in [0.3, 0.4) is 0 Å². The number of aromatic nitrogens is 1. The molecule has 1 unspecified atom stereocenters. The van der Waals surface area contributed by atoms with Crippen LogP contribution in [0.2, 0.25) is 5.02 Å². The SMILES string of the molecule is CN1CCCC(Nc2ncc(Oc3cc(F)c(C(=O)NS(C)(=O)=O)cc3F)cc2Cl)C1. The average Bonchev–Trinajstić information content (AvgIpc) is 2.65. The van der Waals surface area contributed by atoms with Gasteiger partial charge >= 0.3 is 0 Å². The summed E-state index contributed by atoms with van der Waals surface area (Å²) in [5.41, 5.74) is -0.775. The van der Waals surface area contributed by atoms with E-state index < -0.39 is 38.9 Å². The number of likely N-dealkylation sites (tertiary alicyclic amines) is 1. The molecule has 1 aromatic heterocycles. The number of amides is 1. The van der Waals surface area contributed by atoms with Crippen molar-refractivity contribution in [1.29, 1.82) is 0 Å². The quantitative estimate of drug-likeness (QED) is 0.663. The van der Waals surface area contributed by atoms with Crippen molar-refractivity contribution in [2.75, 3.05) is 31.7 Å². The Balaban J connectivity index is 1.74. The Hall–Kier alpha value is -2.50. The molecule has 0 aliphatic carbocycles. The Kier molecular flexibility index (Phi) is 6.97. The van der Waals surface area contributed by atoms with E-state index in [0.29, 0.717) is 18.0 Å². The minimum Gasteiger partial charge on any atom is -0.452 e. The van der Waals surface area contributed by atoms with Crippen LogP contribution in [0.4, 0.5) is 14.6 Å². The minimum atomic E-state index is -3.93. The maximum Gasteiger partial charge on any atom is 0.267 e. The van der Waals surface area contributed by atoms with Gasteiger partial charge in [0, 0.05) is 24.7 Å². The van der Waals surface area contributed by atoms with Crippen molar-refractivity contribution in [1.82, 2.24) is 14.6 Å². The number of hydrogen-bond donors (Lipinski definition) is 2. The molecular weight excluding hydrogens is 454 g/mol. The second-order valence-corrected chi connectivity index (χ2v) is 9.47. The van der Waals surface area contributed by atoms with Gasteiger partial charge in [-0.1, -0.05) is 11.6 Å². The molecule has 1 fully saturated rings. The second-order valence-electron chi connectivity index (χ2n) is 7.32. The summed E-state index contributed by atoms with van der Waals surface area (Å²) in [6, 6.07) is 2.79. The summed E-state index contributed by atoms with van der Waals surface area (Å²) in [7, 11) is -1.90. The lowest BCUT2D eigenvalue weighted by atomic mass is 10.1. The van der Waals surface area contributed by atoms with Gasteiger partial charge in [0.2, 0.25) is 10.0 Å². The number of piperidine rings is 1. The number of hydrogen-bond acceptors (Lipinski definition) is 7. The van der Waals surface area contributed by atoms with Gasteiger partial charge < -0.3 is 15.0 Å². The molecule has 0 saturated carbocycles. The molecule has 168 valence electrons. The summed E-state index contributed by atoms with van der Waals surface area (Å²) < 4.78 is 57.7. The Bertz CT molecular complexity index is 1100. The molecule has 0 radical (unpaired) electrons. The third kappa shape index (κ3) is 6.25. The van der Waals surface area contributed by atoms with Gasteiger partial charge in [0.15, 0.2) is 11.6 Å². The summed E-state index contributed by atoms with van der Waals surface area (Å²) in [4.78, 5) is 18.2. The molecule has 1 saturated heterocycles. The van der Waals surface area contributed by atoms with Crippen molar-refractivity contribution in [3.63, 3.8) is 0 Å². The summed E-state index contributed by atoms with van der Waals surface area (Å²) >= 11 is 6.25. The van der Waals surface area contributed by atoms with Crippen LogP contribution < -0.4 is 14.8 Å². The standard InChI is InChI=1S/C19H21ClF2N4O4S/c1-26-5-3-4-11(10-26)24-18-14(20)6-12(9-23-18)30-17-8-15(21)13(7-16(17)22)19(27)25-31(2,28)29/h6-9,11H,3-5,10H2,1-2H3,(H,23,24)(H,25,27). The van der Waals surface area contributed by atoms with E-state index in [0.717, 1.165) is 32.2 Å². The molecule has 2 aromatic rings. The van der Waals surface area contributed by atoms with Gasteiger partial charge in [-0.15, -0.1) is 0 Å². The molecule has 8 nitrogen and oxygen atoms in total. The predicted octanol–water partition coefficient (Wildman–Crippen LogP) is 3.00. The number of rotatable bonds is 6. The molecule has 1 aliphatic rings. The molecule has 1 aromatic carbocycles. The Morgan fingerprint density at radius 3 is 2.68 bits per heavy atom. The van der Waals surface area contributed by atoms with E-state index in [-0.39, 0.29) is 16.8 Å². The number of halogens is 3. The van der Waals surface area contributed by atoms with Gasteiger partial charge in [0.1, 0.15) is 17.4 Å². The fourth-order valence-corrected chi connectivity index (χ4v) is 3.85. The van der Waals surface area contributed by atoms with E-state index in [1.807, 2.05) is 7.05 Å². The van der Waals surface area contributed by atoms with Crippen molar-refractivity contribution in [3.8, 4) is 11.5 Å². The fraction of sp³-hybridized carbons (Fsp3) is 0.368.